The number of esters is 2. The van der Waals surface area contributed by atoms with Crippen LogP contribution in [0.4, 0.5) is 0 Å². The van der Waals surface area contributed by atoms with E-state index in [0.717, 1.165) is 38.0 Å². The maximum atomic E-state index is 11.6. The van der Waals surface area contributed by atoms with Gasteiger partial charge in [0.2, 0.25) is 0 Å². The Bertz CT molecular complexity index is 321. The molecule has 0 aromatic rings. The number of hydrogen-bond acceptors (Lipinski definition) is 4. The minimum absolute atomic E-state index is 0.152. The second kappa shape index (κ2) is 19.6. The van der Waals surface area contributed by atoms with Crippen LogP contribution in [-0.2, 0) is 19.1 Å². The van der Waals surface area contributed by atoms with Crippen LogP contribution in [0.2, 0.25) is 0 Å². The number of hydrogen-bond donors (Lipinski definition) is 0. The van der Waals surface area contributed by atoms with E-state index in [0.29, 0.717) is 38.9 Å². The summed E-state index contributed by atoms with van der Waals surface area (Å²) in [6.07, 6.45) is 13.5. The Kier molecular flexibility index (Phi) is 19.0. The van der Waals surface area contributed by atoms with Gasteiger partial charge >= 0.3 is 11.9 Å². The molecule has 0 atom stereocenters. The summed E-state index contributed by atoms with van der Waals surface area (Å²) < 4.78 is 10.3. The van der Waals surface area contributed by atoms with Gasteiger partial charge in [-0.3, -0.25) is 9.59 Å². The smallest absolute Gasteiger partial charge is 0.305 e. The molecule has 0 bridgehead atoms. The van der Waals surface area contributed by atoms with Gasteiger partial charge in [-0.15, -0.1) is 11.6 Å². The molecule has 0 N–H and O–H groups in total. The molecule has 25 heavy (non-hydrogen) atoms. The molecule has 0 aliphatic heterocycles. The van der Waals surface area contributed by atoms with Crippen LogP contribution in [0.25, 0.3) is 0 Å². The van der Waals surface area contributed by atoms with Crippen LogP contribution in [-0.4, -0.2) is 31.0 Å². The normalized spacial score (nSPS) is 10.6. The van der Waals surface area contributed by atoms with Crippen molar-refractivity contribution < 1.29 is 19.1 Å². The van der Waals surface area contributed by atoms with Crippen LogP contribution >= 0.6 is 11.6 Å². The van der Waals surface area contributed by atoms with E-state index in [9.17, 15) is 9.59 Å². The van der Waals surface area contributed by atoms with Crippen LogP contribution in [0.3, 0.4) is 0 Å². The quantitative estimate of drug-likeness (QED) is 0.172. The van der Waals surface area contributed by atoms with Crippen LogP contribution in [0.15, 0.2) is 0 Å². The third-order valence-electron chi connectivity index (χ3n) is 4.06. The number of carbonyl (C=O) groups is 2. The lowest BCUT2D eigenvalue weighted by molar-refractivity contribution is -0.146. The van der Waals surface area contributed by atoms with Gasteiger partial charge in [-0.1, -0.05) is 51.9 Å². The molecule has 0 aliphatic rings. The summed E-state index contributed by atoms with van der Waals surface area (Å²) in [5.74, 6) is 0.457. The Hall–Kier alpha value is -0.770. The zero-order valence-electron chi connectivity index (χ0n) is 16.0. The average molecular weight is 377 g/mol. The molecule has 0 aliphatic carbocycles. The zero-order valence-corrected chi connectivity index (χ0v) is 16.8. The molecule has 0 rings (SSSR count). The highest BCUT2D eigenvalue weighted by molar-refractivity contribution is 6.17. The molecular weight excluding hydrogens is 340 g/mol. The van der Waals surface area contributed by atoms with Crippen LogP contribution in [0, 0.1) is 0 Å². The van der Waals surface area contributed by atoms with Gasteiger partial charge in [-0.25, -0.2) is 0 Å². The van der Waals surface area contributed by atoms with Crippen molar-refractivity contribution in [1.29, 1.82) is 0 Å². The monoisotopic (exact) mass is 376 g/mol. The van der Waals surface area contributed by atoms with Crippen molar-refractivity contribution in [3.63, 3.8) is 0 Å². The number of ether oxygens (including phenoxy) is 2. The minimum Gasteiger partial charge on any atom is -0.466 e. The van der Waals surface area contributed by atoms with E-state index in [2.05, 4.69) is 6.92 Å². The van der Waals surface area contributed by atoms with Gasteiger partial charge < -0.3 is 9.47 Å². The van der Waals surface area contributed by atoms with Crippen molar-refractivity contribution >= 4 is 23.5 Å². The first-order chi connectivity index (χ1) is 12.2. The van der Waals surface area contributed by atoms with Crippen LogP contribution in [0.1, 0.15) is 96.8 Å². The number of alkyl halides is 1. The molecule has 0 radical (unpaired) electrons. The summed E-state index contributed by atoms with van der Waals surface area (Å²) in [4.78, 5) is 23.0. The van der Waals surface area contributed by atoms with Gasteiger partial charge in [0, 0.05) is 18.7 Å². The Labute approximate surface area is 159 Å². The standard InChI is InChI=1S/C20H37ClO4/c1-2-3-17-24-19(22)14-10-11-15-20(23)25-18-13-9-7-5-4-6-8-12-16-21/h2-18H2,1H3. The molecule has 0 aromatic heterocycles. The second-order valence-corrected chi connectivity index (χ2v) is 6.90. The van der Waals surface area contributed by atoms with E-state index in [1.54, 1.807) is 0 Å². The van der Waals surface area contributed by atoms with Gasteiger partial charge in [-0.2, -0.15) is 0 Å². The van der Waals surface area contributed by atoms with E-state index < -0.39 is 0 Å². The van der Waals surface area contributed by atoms with Crippen molar-refractivity contribution in [2.45, 2.75) is 96.8 Å². The summed E-state index contributed by atoms with van der Waals surface area (Å²) in [7, 11) is 0. The Morgan fingerprint density at radius 2 is 1.08 bits per heavy atom. The molecular formula is C20H37ClO4. The Balaban J connectivity index is 3.27. The number of unbranched alkanes of at least 4 members (excludes halogenated alkanes) is 9. The lowest BCUT2D eigenvalue weighted by Crippen LogP contribution is -2.08. The fraction of sp³-hybridized carbons (Fsp3) is 0.900. The van der Waals surface area contributed by atoms with E-state index in [-0.39, 0.29) is 11.9 Å². The first-order valence-corrected chi connectivity index (χ1v) is 10.6. The maximum absolute atomic E-state index is 11.6. The van der Waals surface area contributed by atoms with E-state index in [1.807, 2.05) is 0 Å². The largest absolute Gasteiger partial charge is 0.466 e. The molecule has 0 amide bonds. The predicted octanol–water partition coefficient (Wildman–Crippen LogP) is 5.79. The van der Waals surface area contributed by atoms with Crippen LogP contribution < -0.4 is 0 Å². The lowest BCUT2D eigenvalue weighted by Gasteiger charge is -2.06. The molecule has 0 aromatic carbocycles. The molecule has 148 valence electrons. The van der Waals surface area contributed by atoms with Gasteiger partial charge in [0.25, 0.3) is 0 Å². The van der Waals surface area contributed by atoms with Crippen molar-refractivity contribution in [2.24, 2.45) is 0 Å². The van der Waals surface area contributed by atoms with Crippen LogP contribution in [0.5, 0.6) is 0 Å². The number of carbonyl (C=O) groups excluding carboxylic acids is 2. The molecule has 0 saturated carbocycles. The topological polar surface area (TPSA) is 52.6 Å². The molecule has 0 fully saturated rings. The van der Waals surface area contributed by atoms with Gasteiger partial charge in [0.05, 0.1) is 13.2 Å². The average Bonchev–Trinajstić information content (AvgIpc) is 2.60. The predicted molar refractivity (Wildman–Crippen MR) is 103 cm³/mol. The third kappa shape index (κ3) is 19.4. The molecule has 4 nitrogen and oxygen atoms in total. The minimum atomic E-state index is -0.163. The summed E-state index contributed by atoms with van der Waals surface area (Å²) in [6, 6.07) is 0. The van der Waals surface area contributed by atoms with Gasteiger partial charge in [0.1, 0.15) is 0 Å². The van der Waals surface area contributed by atoms with E-state index in [1.165, 1.54) is 32.1 Å². The Morgan fingerprint density at radius 1 is 0.640 bits per heavy atom. The van der Waals surface area contributed by atoms with Crippen molar-refractivity contribution in [3.8, 4) is 0 Å². The summed E-state index contributed by atoms with van der Waals surface area (Å²) in [6.45, 7) is 3.08. The van der Waals surface area contributed by atoms with Crippen molar-refractivity contribution in [2.75, 3.05) is 19.1 Å². The fourth-order valence-electron chi connectivity index (χ4n) is 2.46. The highest BCUT2D eigenvalue weighted by Crippen LogP contribution is 2.09. The highest BCUT2D eigenvalue weighted by Gasteiger charge is 2.06. The SMILES string of the molecule is CCCCOC(=O)CCCCC(=O)OCCCCCCCCCCCl. The number of rotatable bonds is 18. The first-order valence-electron chi connectivity index (χ1n) is 10.1. The third-order valence-corrected chi connectivity index (χ3v) is 4.33. The van der Waals surface area contributed by atoms with E-state index in [4.69, 9.17) is 21.1 Å². The second-order valence-electron chi connectivity index (χ2n) is 6.52. The molecule has 0 heterocycles. The summed E-state index contributed by atoms with van der Waals surface area (Å²) >= 11 is 5.64. The summed E-state index contributed by atoms with van der Waals surface area (Å²) in [5, 5.41) is 0. The zero-order chi connectivity index (χ0) is 18.6. The number of halogens is 1. The van der Waals surface area contributed by atoms with Crippen molar-refractivity contribution in [3.05, 3.63) is 0 Å². The van der Waals surface area contributed by atoms with Gasteiger partial charge in [-0.05, 0) is 32.1 Å². The molecule has 0 saturated heterocycles. The molecule has 0 spiro atoms. The fourth-order valence-corrected chi connectivity index (χ4v) is 2.65. The Morgan fingerprint density at radius 3 is 1.56 bits per heavy atom. The molecule has 5 heteroatoms. The highest BCUT2D eigenvalue weighted by atomic mass is 35.5. The first kappa shape index (κ1) is 24.2. The van der Waals surface area contributed by atoms with E-state index >= 15 is 0 Å². The summed E-state index contributed by atoms with van der Waals surface area (Å²) in [5.41, 5.74) is 0. The van der Waals surface area contributed by atoms with Gasteiger partial charge in [0.15, 0.2) is 0 Å². The lowest BCUT2D eigenvalue weighted by atomic mass is 10.1. The molecule has 0 unspecified atom stereocenters. The maximum Gasteiger partial charge on any atom is 0.305 e. The van der Waals surface area contributed by atoms with Crippen molar-refractivity contribution in [1.82, 2.24) is 0 Å².